The standard InChI is InChI=1S/C13H14N2O4/c14-15-6-11(16)13(9-19-13)12(17)8-18-7-10-4-2-1-3-5-10/h1-6,12,17H,7-9H2/t12?,13-/m0/s1. The maximum absolute atomic E-state index is 11.6. The molecule has 0 amide bonds. The van der Waals surface area contributed by atoms with E-state index in [1.165, 1.54) is 0 Å². The summed E-state index contributed by atoms with van der Waals surface area (Å²) in [5, 5.41) is 9.90. The number of hydrogen-bond acceptors (Lipinski definition) is 4. The molecular formula is C13H14N2O4. The number of ketones is 1. The van der Waals surface area contributed by atoms with Crippen LogP contribution in [-0.4, -0.2) is 46.8 Å². The van der Waals surface area contributed by atoms with Crippen LogP contribution in [0.25, 0.3) is 5.53 Å². The first-order valence-corrected chi connectivity index (χ1v) is 5.84. The Hall–Kier alpha value is -1.85. The van der Waals surface area contributed by atoms with Crippen LogP contribution in [-0.2, 0) is 20.9 Å². The largest absolute Gasteiger partial charge is 0.387 e. The van der Waals surface area contributed by atoms with Gasteiger partial charge >= 0.3 is 6.21 Å². The molecule has 2 atom stereocenters. The summed E-state index contributed by atoms with van der Waals surface area (Å²) in [5.74, 6) is -0.564. The van der Waals surface area contributed by atoms with Crippen LogP contribution in [0, 0.1) is 0 Å². The van der Waals surface area contributed by atoms with Crippen molar-refractivity contribution in [1.29, 1.82) is 0 Å². The Morgan fingerprint density at radius 3 is 2.84 bits per heavy atom. The topological polar surface area (TPSA) is 95.5 Å². The SMILES string of the molecule is [N-]=[N+]=CC(=O)[C@]1(C(O)COCc2ccccc2)CO1. The van der Waals surface area contributed by atoms with E-state index in [9.17, 15) is 9.90 Å². The Morgan fingerprint density at radius 1 is 1.58 bits per heavy atom. The smallest absolute Gasteiger partial charge is 0.326 e. The molecule has 100 valence electrons. The third-order valence-corrected chi connectivity index (χ3v) is 2.97. The molecule has 0 saturated carbocycles. The monoisotopic (exact) mass is 262 g/mol. The number of ether oxygens (including phenoxy) is 2. The highest BCUT2D eigenvalue weighted by Gasteiger charge is 2.58. The quantitative estimate of drug-likeness (QED) is 0.328. The van der Waals surface area contributed by atoms with E-state index in [1.807, 2.05) is 30.3 Å². The van der Waals surface area contributed by atoms with Crippen molar-refractivity contribution in [2.75, 3.05) is 13.2 Å². The van der Waals surface area contributed by atoms with Gasteiger partial charge in [0, 0.05) is 0 Å². The molecule has 1 aliphatic heterocycles. The van der Waals surface area contributed by atoms with Gasteiger partial charge < -0.3 is 20.1 Å². The van der Waals surface area contributed by atoms with Gasteiger partial charge in [0.1, 0.15) is 6.10 Å². The lowest BCUT2D eigenvalue weighted by Crippen LogP contribution is -2.42. The highest BCUT2D eigenvalue weighted by molar-refractivity contribution is 6.30. The van der Waals surface area contributed by atoms with Crippen molar-refractivity contribution in [3.8, 4) is 0 Å². The predicted octanol–water partition coefficient (Wildman–Crippen LogP) is 0.203. The van der Waals surface area contributed by atoms with Crippen LogP contribution in [0.5, 0.6) is 0 Å². The lowest BCUT2D eigenvalue weighted by Gasteiger charge is -2.15. The number of Topliss-reactive ketones (excluding diaryl/α,β-unsaturated/α-hetero) is 1. The van der Waals surface area contributed by atoms with Gasteiger partial charge in [0.05, 0.1) is 19.8 Å². The molecule has 1 aromatic rings. The van der Waals surface area contributed by atoms with Gasteiger partial charge in [-0.25, -0.2) is 0 Å². The van der Waals surface area contributed by atoms with Crippen LogP contribution in [0.3, 0.4) is 0 Å². The van der Waals surface area contributed by atoms with Crippen LogP contribution in [0.1, 0.15) is 5.56 Å². The number of nitrogens with zero attached hydrogens (tertiary/aromatic N) is 2. The molecule has 1 saturated heterocycles. The number of hydrogen-bond donors (Lipinski definition) is 1. The Balaban J connectivity index is 1.83. The minimum Gasteiger partial charge on any atom is -0.387 e. The number of benzene rings is 1. The van der Waals surface area contributed by atoms with E-state index < -0.39 is 17.5 Å². The van der Waals surface area contributed by atoms with Gasteiger partial charge in [0.15, 0.2) is 5.60 Å². The van der Waals surface area contributed by atoms with Gasteiger partial charge in [0.25, 0.3) is 5.78 Å². The molecule has 0 bridgehead atoms. The summed E-state index contributed by atoms with van der Waals surface area (Å²) >= 11 is 0. The molecular weight excluding hydrogens is 248 g/mol. The molecule has 2 rings (SSSR count). The molecule has 1 heterocycles. The number of epoxide rings is 1. The zero-order chi connectivity index (χ0) is 13.7. The number of aliphatic hydroxyl groups excluding tert-OH is 1. The lowest BCUT2D eigenvalue weighted by atomic mass is 9.99. The zero-order valence-corrected chi connectivity index (χ0v) is 10.2. The molecule has 1 aromatic carbocycles. The molecule has 1 N–H and O–H groups in total. The van der Waals surface area contributed by atoms with Crippen LogP contribution < -0.4 is 0 Å². The minimum atomic E-state index is -1.30. The van der Waals surface area contributed by atoms with E-state index in [1.54, 1.807) is 0 Å². The molecule has 1 fully saturated rings. The van der Waals surface area contributed by atoms with Crippen LogP contribution in [0.15, 0.2) is 30.3 Å². The second kappa shape index (κ2) is 5.86. The first-order valence-electron chi connectivity index (χ1n) is 5.84. The highest BCUT2D eigenvalue weighted by Crippen LogP contribution is 2.31. The van der Waals surface area contributed by atoms with Crippen LogP contribution in [0.2, 0.25) is 0 Å². The maximum atomic E-state index is 11.6. The van der Waals surface area contributed by atoms with E-state index in [0.717, 1.165) is 11.8 Å². The van der Waals surface area contributed by atoms with Gasteiger partial charge in [-0.1, -0.05) is 30.3 Å². The summed E-state index contributed by atoms with van der Waals surface area (Å²) in [6, 6.07) is 9.49. The molecule has 1 unspecified atom stereocenters. The Bertz CT molecular complexity index is 493. The fourth-order valence-electron chi connectivity index (χ4n) is 1.74. The van der Waals surface area contributed by atoms with Gasteiger partial charge in [-0.3, -0.25) is 4.79 Å². The highest BCUT2D eigenvalue weighted by atomic mass is 16.6. The van der Waals surface area contributed by atoms with E-state index in [0.29, 0.717) is 6.61 Å². The fraction of sp³-hybridized carbons (Fsp3) is 0.385. The van der Waals surface area contributed by atoms with Crippen LogP contribution >= 0.6 is 0 Å². The van der Waals surface area contributed by atoms with Gasteiger partial charge in [-0.05, 0) is 5.56 Å². The van der Waals surface area contributed by atoms with Crippen molar-refractivity contribution < 1.29 is 24.2 Å². The number of carbonyl (C=O) groups excluding carboxylic acids is 1. The Morgan fingerprint density at radius 2 is 2.26 bits per heavy atom. The van der Waals surface area contributed by atoms with Crippen LogP contribution in [0.4, 0.5) is 0 Å². The average molecular weight is 262 g/mol. The lowest BCUT2D eigenvalue weighted by molar-refractivity contribution is -0.126. The summed E-state index contributed by atoms with van der Waals surface area (Å²) in [5.41, 5.74) is 7.99. The van der Waals surface area contributed by atoms with E-state index in [-0.39, 0.29) is 13.2 Å². The zero-order valence-electron chi connectivity index (χ0n) is 10.2. The second-order valence-corrected chi connectivity index (χ2v) is 4.30. The summed E-state index contributed by atoms with van der Waals surface area (Å²) in [4.78, 5) is 14.2. The normalized spacial score (nSPS) is 22.4. The third-order valence-electron chi connectivity index (χ3n) is 2.97. The second-order valence-electron chi connectivity index (χ2n) is 4.30. The maximum Gasteiger partial charge on any atom is 0.326 e. The third kappa shape index (κ3) is 3.13. The predicted molar refractivity (Wildman–Crippen MR) is 65.5 cm³/mol. The summed E-state index contributed by atoms with van der Waals surface area (Å²) < 4.78 is 10.3. The van der Waals surface area contributed by atoms with Crippen molar-refractivity contribution in [2.24, 2.45) is 0 Å². The molecule has 19 heavy (non-hydrogen) atoms. The van der Waals surface area contributed by atoms with Crippen molar-refractivity contribution >= 4 is 12.0 Å². The van der Waals surface area contributed by atoms with E-state index in [4.69, 9.17) is 15.0 Å². The molecule has 0 radical (unpaired) electrons. The van der Waals surface area contributed by atoms with Crippen molar-refractivity contribution in [2.45, 2.75) is 18.3 Å². The minimum absolute atomic E-state index is 0.0279. The number of rotatable bonds is 7. The number of aliphatic hydroxyl groups is 1. The molecule has 0 spiro atoms. The fourth-order valence-corrected chi connectivity index (χ4v) is 1.74. The average Bonchev–Trinajstić information content (AvgIpc) is 3.22. The summed E-state index contributed by atoms with van der Waals surface area (Å²) in [7, 11) is 0. The first-order chi connectivity index (χ1) is 9.19. The summed E-state index contributed by atoms with van der Waals surface area (Å²) in [6.45, 7) is 0.421. The molecule has 6 heteroatoms. The Kier molecular flexibility index (Phi) is 4.19. The summed E-state index contributed by atoms with van der Waals surface area (Å²) in [6.07, 6.45) is -0.352. The number of carbonyl (C=O) groups is 1. The Labute approximate surface area is 110 Å². The van der Waals surface area contributed by atoms with Gasteiger partial charge in [-0.15, -0.1) is 0 Å². The van der Waals surface area contributed by atoms with Crippen molar-refractivity contribution in [3.05, 3.63) is 41.4 Å². The molecule has 6 nitrogen and oxygen atoms in total. The van der Waals surface area contributed by atoms with E-state index >= 15 is 0 Å². The van der Waals surface area contributed by atoms with Gasteiger partial charge in [-0.2, -0.15) is 4.79 Å². The molecule has 0 aromatic heterocycles. The van der Waals surface area contributed by atoms with Crippen molar-refractivity contribution in [3.63, 3.8) is 0 Å². The molecule has 1 aliphatic rings. The van der Waals surface area contributed by atoms with Gasteiger partial charge in [0.2, 0.25) is 0 Å². The first kappa shape index (κ1) is 13.6. The van der Waals surface area contributed by atoms with Crippen molar-refractivity contribution in [1.82, 2.24) is 0 Å². The molecule has 0 aliphatic carbocycles. The van der Waals surface area contributed by atoms with E-state index in [2.05, 4.69) is 4.79 Å².